The van der Waals surface area contributed by atoms with Crippen LogP contribution in [0.15, 0.2) is 42.5 Å². The van der Waals surface area contributed by atoms with Gasteiger partial charge >= 0.3 is 0 Å². The van der Waals surface area contributed by atoms with Gasteiger partial charge in [0.1, 0.15) is 0 Å². The van der Waals surface area contributed by atoms with Crippen molar-refractivity contribution >= 4 is 28.9 Å². The summed E-state index contributed by atoms with van der Waals surface area (Å²) in [5.74, 6) is 0. The molecule has 0 radical (unpaired) electrons. The molecule has 1 unspecified atom stereocenters. The van der Waals surface area contributed by atoms with Crippen LogP contribution in [0.5, 0.6) is 0 Å². The first-order valence-electron chi connectivity index (χ1n) is 7.58. The van der Waals surface area contributed by atoms with Gasteiger partial charge in [0, 0.05) is 41.4 Å². The van der Waals surface area contributed by atoms with Crippen LogP contribution in [0.3, 0.4) is 0 Å². The molecule has 1 fully saturated rings. The van der Waals surface area contributed by atoms with Crippen LogP contribution in [0.2, 0.25) is 10.0 Å². The van der Waals surface area contributed by atoms with Crippen molar-refractivity contribution in [3.05, 3.63) is 63.6 Å². The quantitative estimate of drug-likeness (QED) is 0.900. The highest BCUT2D eigenvalue weighted by atomic mass is 35.5. The molecule has 0 bridgehead atoms. The van der Waals surface area contributed by atoms with Crippen molar-refractivity contribution in [3.8, 4) is 6.07 Å². The molecule has 3 rings (SSSR count). The first-order valence-corrected chi connectivity index (χ1v) is 8.34. The molecule has 1 heterocycles. The van der Waals surface area contributed by atoms with Gasteiger partial charge in [-0.25, -0.2) is 0 Å². The molecule has 0 aliphatic carbocycles. The van der Waals surface area contributed by atoms with E-state index in [2.05, 4.69) is 16.3 Å². The van der Waals surface area contributed by atoms with Gasteiger partial charge in [0.2, 0.25) is 0 Å². The topological polar surface area (TPSA) is 39.1 Å². The zero-order chi connectivity index (χ0) is 16.2. The molecule has 1 N–H and O–H groups in total. The second-order valence-electron chi connectivity index (χ2n) is 5.71. The zero-order valence-electron chi connectivity index (χ0n) is 12.6. The second kappa shape index (κ2) is 7.23. The lowest BCUT2D eigenvalue weighted by molar-refractivity contribution is 0.551. The van der Waals surface area contributed by atoms with E-state index < -0.39 is 0 Å². The predicted molar refractivity (Wildman–Crippen MR) is 95.1 cm³/mol. The molecule has 1 atom stereocenters. The lowest BCUT2D eigenvalue weighted by atomic mass is 10.2. The van der Waals surface area contributed by atoms with E-state index in [0.717, 1.165) is 37.3 Å². The Morgan fingerprint density at radius 3 is 2.65 bits per heavy atom. The minimum Gasteiger partial charge on any atom is -0.370 e. The Morgan fingerprint density at radius 1 is 1.17 bits per heavy atom. The molecule has 3 nitrogen and oxygen atoms in total. The summed E-state index contributed by atoms with van der Waals surface area (Å²) < 4.78 is 0. The molecule has 1 saturated heterocycles. The van der Waals surface area contributed by atoms with Crippen LogP contribution in [-0.2, 0) is 6.54 Å². The van der Waals surface area contributed by atoms with Crippen LogP contribution in [-0.4, -0.2) is 19.1 Å². The predicted octanol–water partition coefficient (Wildman–Crippen LogP) is 4.23. The SMILES string of the molecule is N#Cc1ccc(N2CCC(NCc3ccc(Cl)cc3Cl)C2)cc1. The van der Waals surface area contributed by atoms with E-state index >= 15 is 0 Å². The van der Waals surface area contributed by atoms with E-state index in [-0.39, 0.29) is 0 Å². The van der Waals surface area contributed by atoms with Crippen molar-refractivity contribution in [1.82, 2.24) is 5.32 Å². The third kappa shape index (κ3) is 3.97. The largest absolute Gasteiger partial charge is 0.370 e. The Kier molecular flexibility index (Phi) is 5.07. The van der Waals surface area contributed by atoms with Crippen molar-refractivity contribution in [3.63, 3.8) is 0 Å². The van der Waals surface area contributed by atoms with Gasteiger partial charge in [-0.05, 0) is 48.4 Å². The third-order valence-corrected chi connectivity index (χ3v) is 4.73. The lowest BCUT2D eigenvalue weighted by Gasteiger charge is -2.19. The summed E-state index contributed by atoms with van der Waals surface area (Å²) >= 11 is 12.1. The summed E-state index contributed by atoms with van der Waals surface area (Å²) in [5, 5.41) is 13.8. The maximum Gasteiger partial charge on any atom is 0.0991 e. The van der Waals surface area contributed by atoms with Gasteiger partial charge in [-0.1, -0.05) is 29.3 Å². The molecule has 2 aromatic rings. The van der Waals surface area contributed by atoms with Gasteiger partial charge in [-0.2, -0.15) is 5.26 Å². The smallest absolute Gasteiger partial charge is 0.0991 e. The molecular weight excluding hydrogens is 329 g/mol. The molecule has 0 saturated carbocycles. The number of benzene rings is 2. The molecule has 1 aliphatic rings. The highest BCUT2D eigenvalue weighted by Gasteiger charge is 2.22. The summed E-state index contributed by atoms with van der Waals surface area (Å²) in [6, 6.07) is 15.9. The van der Waals surface area contributed by atoms with Crippen molar-refractivity contribution in [2.24, 2.45) is 0 Å². The molecular formula is C18H17Cl2N3. The lowest BCUT2D eigenvalue weighted by Crippen LogP contribution is -2.32. The second-order valence-corrected chi connectivity index (χ2v) is 6.55. The van der Waals surface area contributed by atoms with E-state index in [0.29, 0.717) is 21.7 Å². The molecule has 0 amide bonds. The van der Waals surface area contributed by atoms with Crippen LogP contribution in [0.25, 0.3) is 0 Å². The summed E-state index contributed by atoms with van der Waals surface area (Å²) in [6.07, 6.45) is 1.09. The van der Waals surface area contributed by atoms with Gasteiger partial charge in [-0.15, -0.1) is 0 Å². The van der Waals surface area contributed by atoms with Crippen LogP contribution in [0.4, 0.5) is 5.69 Å². The van der Waals surface area contributed by atoms with E-state index in [4.69, 9.17) is 28.5 Å². The Balaban J connectivity index is 1.56. The third-order valence-electron chi connectivity index (χ3n) is 4.15. The van der Waals surface area contributed by atoms with Gasteiger partial charge in [0.15, 0.2) is 0 Å². The maximum atomic E-state index is 8.86. The zero-order valence-corrected chi connectivity index (χ0v) is 14.1. The molecule has 5 heteroatoms. The van der Waals surface area contributed by atoms with E-state index in [1.54, 1.807) is 6.07 Å². The highest BCUT2D eigenvalue weighted by molar-refractivity contribution is 6.35. The Labute approximate surface area is 146 Å². The van der Waals surface area contributed by atoms with E-state index in [1.165, 1.54) is 0 Å². The van der Waals surface area contributed by atoms with Gasteiger partial charge in [-0.3, -0.25) is 0 Å². The fourth-order valence-corrected chi connectivity index (χ4v) is 3.30. The maximum absolute atomic E-state index is 8.86. The number of hydrogen-bond donors (Lipinski definition) is 1. The van der Waals surface area contributed by atoms with Gasteiger partial charge in [0.05, 0.1) is 11.6 Å². The van der Waals surface area contributed by atoms with Crippen LogP contribution in [0.1, 0.15) is 17.5 Å². The minimum absolute atomic E-state index is 0.428. The standard InChI is InChI=1S/C18H17Cl2N3/c19-15-4-3-14(18(20)9-15)11-22-16-7-8-23(12-16)17-5-1-13(10-21)2-6-17/h1-6,9,16,22H,7-8,11-12H2. The van der Waals surface area contributed by atoms with Gasteiger partial charge < -0.3 is 10.2 Å². The van der Waals surface area contributed by atoms with Crippen LogP contribution < -0.4 is 10.2 Å². The molecule has 2 aromatic carbocycles. The monoisotopic (exact) mass is 345 g/mol. The first-order chi connectivity index (χ1) is 11.2. The number of nitrogens with one attached hydrogen (secondary N) is 1. The molecule has 1 aliphatic heterocycles. The summed E-state index contributed by atoms with van der Waals surface area (Å²) in [5.41, 5.74) is 2.92. The van der Waals surface area contributed by atoms with Crippen molar-refractivity contribution in [2.75, 3.05) is 18.0 Å². The summed E-state index contributed by atoms with van der Waals surface area (Å²) in [7, 11) is 0. The Morgan fingerprint density at radius 2 is 1.96 bits per heavy atom. The summed E-state index contributed by atoms with van der Waals surface area (Å²) in [6.45, 7) is 2.71. The normalized spacial score (nSPS) is 17.3. The molecule has 0 spiro atoms. The Bertz CT molecular complexity index is 722. The van der Waals surface area contributed by atoms with Crippen molar-refractivity contribution in [2.45, 2.75) is 19.0 Å². The number of hydrogen-bond acceptors (Lipinski definition) is 3. The van der Waals surface area contributed by atoms with Crippen molar-refractivity contribution in [1.29, 1.82) is 5.26 Å². The number of nitrogens with zero attached hydrogens (tertiary/aromatic N) is 2. The van der Waals surface area contributed by atoms with Crippen LogP contribution >= 0.6 is 23.2 Å². The number of rotatable bonds is 4. The van der Waals surface area contributed by atoms with E-state index in [1.807, 2.05) is 36.4 Å². The average molecular weight is 346 g/mol. The number of anilines is 1. The highest BCUT2D eigenvalue weighted by Crippen LogP contribution is 2.23. The Hall–Kier alpha value is -1.73. The fourth-order valence-electron chi connectivity index (χ4n) is 2.83. The number of nitriles is 1. The van der Waals surface area contributed by atoms with Crippen molar-refractivity contribution < 1.29 is 0 Å². The molecule has 118 valence electrons. The summed E-state index contributed by atoms with van der Waals surface area (Å²) in [4.78, 5) is 2.34. The first kappa shape index (κ1) is 16.1. The number of halogens is 2. The van der Waals surface area contributed by atoms with Gasteiger partial charge in [0.25, 0.3) is 0 Å². The fraction of sp³-hybridized carbons (Fsp3) is 0.278. The molecule has 0 aromatic heterocycles. The average Bonchev–Trinajstić information content (AvgIpc) is 3.03. The van der Waals surface area contributed by atoms with E-state index in [9.17, 15) is 0 Å². The minimum atomic E-state index is 0.428. The van der Waals surface area contributed by atoms with Crippen LogP contribution in [0, 0.1) is 11.3 Å². The molecule has 23 heavy (non-hydrogen) atoms.